The highest BCUT2D eigenvalue weighted by Crippen LogP contribution is 2.26. The topological polar surface area (TPSA) is 34.1 Å². The molecule has 1 N–H and O–H groups in total. The van der Waals surface area contributed by atoms with Crippen molar-refractivity contribution in [3.8, 4) is 11.6 Å². The molecular formula is C12H11ClN2O. The van der Waals surface area contributed by atoms with Crippen molar-refractivity contribution < 1.29 is 4.74 Å². The number of hydrogen-bond acceptors (Lipinski definition) is 3. The molecule has 0 aliphatic carbocycles. The van der Waals surface area contributed by atoms with Crippen LogP contribution in [0.1, 0.15) is 0 Å². The fourth-order valence-corrected chi connectivity index (χ4v) is 1.41. The normalized spacial score (nSPS) is 9.88. The van der Waals surface area contributed by atoms with Gasteiger partial charge in [-0.25, -0.2) is 4.98 Å². The maximum atomic E-state index is 5.93. The van der Waals surface area contributed by atoms with Crippen molar-refractivity contribution in [2.24, 2.45) is 0 Å². The second-order valence-electron chi connectivity index (χ2n) is 3.17. The lowest BCUT2D eigenvalue weighted by Crippen LogP contribution is -1.90. The minimum atomic E-state index is 0.418. The van der Waals surface area contributed by atoms with Crippen LogP contribution in [0.15, 0.2) is 42.6 Å². The van der Waals surface area contributed by atoms with Crippen LogP contribution in [0.25, 0.3) is 0 Å². The third kappa shape index (κ3) is 2.44. The van der Waals surface area contributed by atoms with Crippen LogP contribution < -0.4 is 10.1 Å². The highest BCUT2D eigenvalue weighted by atomic mass is 35.5. The van der Waals surface area contributed by atoms with E-state index >= 15 is 0 Å². The largest absolute Gasteiger partial charge is 0.438 e. The van der Waals surface area contributed by atoms with E-state index in [1.54, 1.807) is 18.3 Å². The molecule has 0 bridgehead atoms. The number of halogens is 1. The fraction of sp³-hybridized carbons (Fsp3) is 0.0833. The average Bonchev–Trinajstić information content (AvgIpc) is 2.33. The zero-order valence-corrected chi connectivity index (χ0v) is 9.53. The predicted octanol–water partition coefficient (Wildman–Crippen LogP) is 3.57. The minimum absolute atomic E-state index is 0.418. The third-order valence-electron chi connectivity index (χ3n) is 2.08. The molecule has 2 rings (SSSR count). The van der Waals surface area contributed by atoms with Crippen molar-refractivity contribution in [3.63, 3.8) is 0 Å². The van der Waals surface area contributed by atoms with E-state index in [0.717, 1.165) is 5.69 Å². The Morgan fingerprint density at radius 1 is 1.19 bits per heavy atom. The number of rotatable bonds is 3. The summed E-state index contributed by atoms with van der Waals surface area (Å²) in [5.74, 6) is 1.13. The van der Waals surface area contributed by atoms with E-state index in [-0.39, 0.29) is 0 Å². The molecule has 2 aromatic rings. The average molecular weight is 235 g/mol. The molecule has 3 nitrogen and oxygen atoms in total. The van der Waals surface area contributed by atoms with Gasteiger partial charge in [0.1, 0.15) is 10.8 Å². The molecular weight excluding hydrogens is 224 g/mol. The summed E-state index contributed by atoms with van der Waals surface area (Å²) in [6, 6.07) is 11.1. The summed E-state index contributed by atoms with van der Waals surface area (Å²) in [4.78, 5) is 4.05. The third-order valence-corrected chi connectivity index (χ3v) is 2.37. The van der Waals surface area contributed by atoms with Gasteiger partial charge in [0, 0.05) is 18.9 Å². The Morgan fingerprint density at radius 2 is 1.94 bits per heavy atom. The Hall–Kier alpha value is -1.74. The van der Waals surface area contributed by atoms with Gasteiger partial charge >= 0.3 is 0 Å². The van der Waals surface area contributed by atoms with E-state index in [9.17, 15) is 0 Å². The van der Waals surface area contributed by atoms with Crippen molar-refractivity contribution >= 4 is 17.3 Å². The predicted molar refractivity (Wildman–Crippen MR) is 65.3 cm³/mol. The van der Waals surface area contributed by atoms with Gasteiger partial charge in [-0.1, -0.05) is 11.6 Å². The molecule has 0 fully saturated rings. The summed E-state index contributed by atoms with van der Waals surface area (Å²) in [6.45, 7) is 0. The van der Waals surface area contributed by atoms with Gasteiger partial charge in [-0.2, -0.15) is 0 Å². The maximum Gasteiger partial charge on any atom is 0.238 e. The van der Waals surface area contributed by atoms with E-state index in [1.165, 1.54) is 0 Å². The molecule has 0 atom stereocenters. The van der Waals surface area contributed by atoms with Crippen molar-refractivity contribution in [3.05, 3.63) is 47.6 Å². The molecule has 82 valence electrons. The summed E-state index contributed by atoms with van der Waals surface area (Å²) in [5.41, 5.74) is 1.03. The Bertz CT molecular complexity index is 471. The van der Waals surface area contributed by atoms with Crippen LogP contribution in [-0.2, 0) is 0 Å². The standard InChI is InChI=1S/C12H11ClN2O/c1-14-9-4-6-10(7-5-9)16-12-11(13)3-2-8-15-12/h2-8,14H,1H3. The van der Waals surface area contributed by atoms with E-state index in [2.05, 4.69) is 10.3 Å². The number of hydrogen-bond donors (Lipinski definition) is 1. The van der Waals surface area contributed by atoms with Crippen LogP contribution in [-0.4, -0.2) is 12.0 Å². The molecule has 0 saturated carbocycles. The monoisotopic (exact) mass is 234 g/mol. The molecule has 0 unspecified atom stereocenters. The summed E-state index contributed by atoms with van der Waals surface area (Å²) >= 11 is 5.93. The zero-order chi connectivity index (χ0) is 11.4. The maximum absolute atomic E-state index is 5.93. The van der Waals surface area contributed by atoms with Crippen LogP contribution in [0.2, 0.25) is 5.02 Å². The fourth-order valence-electron chi connectivity index (χ4n) is 1.25. The van der Waals surface area contributed by atoms with Gasteiger partial charge in [0.05, 0.1) is 0 Å². The number of nitrogens with one attached hydrogen (secondary N) is 1. The van der Waals surface area contributed by atoms with Crippen molar-refractivity contribution in [2.75, 3.05) is 12.4 Å². The minimum Gasteiger partial charge on any atom is -0.438 e. The summed E-state index contributed by atoms with van der Waals surface area (Å²) in [5, 5.41) is 3.53. The van der Waals surface area contributed by atoms with E-state index in [4.69, 9.17) is 16.3 Å². The lowest BCUT2D eigenvalue weighted by molar-refractivity contribution is 0.463. The number of benzene rings is 1. The molecule has 0 spiro atoms. The molecule has 0 aliphatic heterocycles. The first kappa shape index (κ1) is 10.8. The van der Waals surface area contributed by atoms with Gasteiger partial charge in [0.25, 0.3) is 0 Å². The van der Waals surface area contributed by atoms with Gasteiger partial charge in [-0.05, 0) is 36.4 Å². The van der Waals surface area contributed by atoms with E-state index in [0.29, 0.717) is 16.7 Å². The lowest BCUT2D eigenvalue weighted by atomic mass is 10.3. The molecule has 16 heavy (non-hydrogen) atoms. The van der Waals surface area contributed by atoms with Crippen molar-refractivity contribution in [2.45, 2.75) is 0 Å². The molecule has 4 heteroatoms. The van der Waals surface area contributed by atoms with Crippen LogP contribution in [0.5, 0.6) is 11.6 Å². The number of pyridine rings is 1. The molecule has 0 amide bonds. The molecule has 1 heterocycles. The van der Waals surface area contributed by atoms with Gasteiger partial charge in [-0.3, -0.25) is 0 Å². The smallest absolute Gasteiger partial charge is 0.238 e. The first-order valence-electron chi connectivity index (χ1n) is 4.86. The van der Waals surface area contributed by atoms with Crippen LogP contribution in [0.3, 0.4) is 0 Å². The first-order valence-corrected chi connectivity index (χ1v) is 5.23. The highest BCUT2D eigenvalue weighted by Gasteiger charge is 2.02. The van der Waals surface area contributed by atoms with Crippen LogP contribution >= 0.6 is 11.6 Å². The number of ether oxygens (including phenoxy) is 1. The van der Waals surface area contributed by atoms with Crippen LogP contribution in [0, 0.1) is 0 Å². The molecule has 0 radical (unpaired) electrons. The number of nitrogens with zero attached hydrogens (tertiary/aromatic N) is 1. The zero-order valence-electron chi connectivity index (χ0n) is 8.77. The molecule has 0 aliphatic rings. The quantitative estimate of drug-likeness (QED) is 0.882. The first-order chi connectivity index (χ1) is 7.79. The SMILES string of the molecule is CNc1ccc(Oc2ncccc2Cl)cc1. The van der Waals surface area contributed by atoms with Gasteiger partial charge in [0.15, 0.2) is 0 Å². The summed E-state index contributed by atoms with van der Waals surface area (Å²) in [6.07, 6.45) is 1.64. The van der Waals surface area contributed by atoms with Crippen molar-refractivity contribution in [1.82, 2.24) is 4.98 Å². The Morgan fingerprint density at radius 3 is 2.56 bits per heavy atom. The Labute approximate surface area is 99.0 Å². The summed E-state index contributed by atoms with van der Waals surface area (Å²) < 4.78 is 5.54. The Kier molecular flexibility index (Phi) is 3.27. The van der Waals surface area contributed by atoms with E-state index < -0.39 is 0 Å². The second kappa shape index (κ2) is 4.86. The molecule has 1 aromatic heterocycles. The number of anilines is 1. The van der Waals surface area contributed by atoms with Crippen molar-refractivity contribution in [1.29, 1.82) is 0 Å². The molecule has 0 saturated heterocycles. The van der Waals surface area contributed by atoms with Gasteiger partial charge in [-0.15, -0.1) is 0 Å². The van der Waals surface area contributed by atoms with Gasteiger partial charge < -0.3 is 10.1 Å². The van der Waals surface area contributed by atoms with Crippen LogP contribution in [0.4, 0.5) is 5.69 Å². The summed E-state index contributed by atoms with van der Waals surface area (Å²) in [7, 11) is 1.87. The Balaban J connectivity index is 2.18. The molecule has 1 aromatic carbocycles. The number of aromatic nitrogens is 1. The lowest BCUT2D eigenvalue weighted by Gasteiger charge is -2.06. The van der Waals surface area contributed by atoms with Gasteiger partial charge in [0.2, 0.25) is 5.88 Å². The second-order valence-corrected chi connectivity index (χ2v) is 3.57. The highest BCUT2D eigenvalue weighted by molar-refractivity contribution is 6.31. The van der Waals surface area contributed by atoms with E-state index in [1.807, 2.05) is 31.3 Å².